The van der Waals surface area contributed by atoms with Crippen LogP contribution in [0, 0.1) is 0 Å². The molecule has 0 radical (unpaired) electrons. The Hall–Kier alpha value is -1.02. The van der Waals surface area contributed by atoms with Crippen molar-refractivity contribution in [2.75, 3.05) is 0 Å². The van der Waals surface area contributed by atoms with Crippen molar-refractivity contribution in [1.82, 2.24) is 0 Å². The second-order valence-corrected chi connectivity index (χ2v) is 5.08. The van der Waals surface area contributed by atoms with Gasteiger partial charge in [-0.25, -0.2) is 0 Å². The standard InChI is InChI=1S/C15H15Cl2N/c1-2-10-3-5-11(6-4-10)15(18)13-8-7-12(16)9-14(13)17/h3-9,15H,2,18H2,1H3. The molecule has 0 aliphatic rings. The van der Waals surface area contributed by atoms with Crippen LogP contribution in [-0.4, -0.2) is 0 Å². The molecule has 0 bridgehead atoms. The number of nitrogens with two attached hydrogens (primary N) is 1. The van der Waals surface area contributed by atoms with Crippen LogP contribution in [0.2, 0.25) is 10.0 Å². The van der Waals surface area contributed by atoms with Gasteiger partial charge in [-0.1, -0.05) is 60.5 Å². The summed E-state index contributed by atoms with van der Waals surface area (Å²) >= 11 is 12.1. The Morgan fingerprint density at radius 2 is 1.72 bits per heavy atom. The molecule has 0 heterocycles. The van der Waals surface area contributed by atoms with Gasteiger partial charge in [-0.05, 0) is 35.2 Å². The molecule has 0 aliphatic heterocycles. The Morgan fingerprint density at radius 1 is 1.06 bits per heavy atom. The SMILES string of the molecule is CCc1ccc(C(N)c2ccc(Cl)cc2Cl)cc1. The van der Waals surface area contributed by atoms with E-state index in [4.69, 9.17) is 28.9 Å². The lowest BCUT2D eigenvalue weighted by Gasteiger charge is -2.15. The third-order valence-electron chi connectivity index (χ3n) is 3.04. The molecule has 0 aromatic heterocycles. The Morgan fingerprint density at radius 3 is 2.28 bits per heavy atom. The van der Waals surface area contributed by atoms with Crippen LogP contribution >= 0.6 is 23.2 Å². The zero-order valence-corrected chi connectivity index (χ0v) is 11.7. The highest BCUT2D eigenvalue weighted by atomic mass is 35.5. The molecule has 0 spiro atoms. The highest BCUT2D eigenvalue weighted by Crippen LogP contribution is 2.29. The first-order valence-corrected chi connectivity index (χ1v) is 6.66. The van der Waals surface area contributed by atoms with E-state index in [9.17, 15) is 0 Å². The molecule has 0 fully saturated rings. The van der Waals surface area contributed by atoms with Crippen molar-refractivity contribution in [1.29, 1.82) is 0 Å². The number of hydrogen-bond donors (Lipinski definition) is 1. The van der Waals surface area contributed by atoms with Gasteiger partial charge in [0.05, 0.1) is 6.04 Å². The van der Waals surface area contributed by atoms with Crippen LogP contribution in [0.15, 0.2) is 42.5 Å². The van der Waals surface area contributed by atoms with E-state index in [0.29, 0.717) is 10.0 Å². The van der Waals surface area contributed by atoms with Crippen LogP contribution in [0.5, 0.6) is 0 Å². The highest BCUT2D eigenvalue weighted by Gasteiger charge is 2.12. The first kappa shape index (κ1) is 13.4. The molecule has 2 aromatic rings. The van der Waals surface area contributed by atoms with Crippen LogP contribution in [-0.2, 0) is 6.42 Å². The normalized spacial score (nSPS) is 12.4. The van der Waals surface area contributed by atoms with E-state index in [2.05, 4.69) is 31.2 Å². The lowest BCUT2D eigenvalue weighted by molar-refractivity contribution is 0.870. The van der Waals surface area contributed by atoms with Crippen molar-refractivity contribution in [2.45, 2.75) is 19.4 Å². The van der Waals surface area contributed by atoms with Crippen molar-refractivity contribution in [3.8, 4) is 0 Å². The fourth-order valence-electron chi connectivity index (χ4n) is 1.89. The maximum absolute atomic E-state index is 6.23. The number of rotatable bonds is 3. The van der Waals surface area contributed by atoms with Crippen molar-refractivity contribution in [3.05, 3.63) is 69.2 Å². The minimum absolute atomic E-state index is 0.222. The lowest BCUT2D eigenvalue weighted by Crippen LogP contribution is -2.12. The Kier molecular flexibility index (Phi) is 4.28. The summed E-state index contributed by atoms with van der Waals surface area (Å²) in [5, 5.41) is 1.23. The quantitative estimate of drug-likeness (QED) is 0.873. The van der Waals surface area contributed by atoms with Crippen LogP contribution in [0.3, 0.4) is 0 Å². The molecule has 2 rings (SSSR count). The maximum Gasteiger partial charge on any atom is 0.0566 e. The zero-order valence-electron chi connectivity index (χ0n) is 10.2. The maximum atomic E-state index is 6.23. The Bertz CT molecular complexity index is 535. The summed E-state index contributed by atoms with van der Waals surface area (Å²) in [4.78, 5) is 0. The average Bonchev–Trinajstić information content (AvgIpc) is 2.38. The van der Waals surface area contributed by atoms with Crippen LogP contribution in [0.1, 0.15) is 29.7 Å². The summed E-state index contributed by atoms with van der Waals surface area (Å²) in [5.41, 5.74) is 9.48. The van der Waals surface area contributed by atoms with Gasteiger partial charge in [0.25, 0.3) is 0 Å². The molecule has 18 heavy (non-hydrogen) atoms. The van der Waals surface area contributed by atoms with Gasteiger partial charge in [-0.15, -0.1) is 0 Å². The topological polar surface area (TPSA) is 26.0 Å². The van der Waals surface area contributed by atoms with Gasteiger partial charge >= 0.3 is 0 Å². The molecule has 0 saturated heterocycles. The predicted molar refractivity (Wildman–Crippen MR) is 78.3 cm³/mol. The van der Waals surface area contributed by atoms with Crippen molar-refractivity contribution >= 4 is 23.2 Å². The van der Waals surface area contributed by atoms with E-state index in [1.54, 1.807) is 6.07 Å². The van der Waals surface area contributed by atoms with Crippen LogP contribution < -0.4 is 5.73 Å². The molecule has 94 valence electrons. The summed E-state index contributed by atoms with van der Waals surface area (Å²) in [5.74, 6) is 0. The molecule has 2 N–H and O–H groups in total. The lowest BCUT2D eigenvalue weighted by atomic mass is 9.98. The minimum atomic E-state index is -0.222. The van der Waals surface area contributed by atoms with Gasteiger partial charge in [0.1, 0.15) is 0 Å². The summed E-state index contributed by atoms with van der Waals surface area (Å²) in [6, 6.07) is 13.5. The third-order valence-corrected chi connectivity index (χ3v) is 3.61. The van der Waals surface area contributed by atoms with E-state index in [1.807, 2.05) is 12.1 Å². The molecular weight excluding hydrogens is 265 g/mol. The highest BCUT2D eigenvalue weighted by molar-refractivity contribution is 6.35. The summed E-state index contributed by atoms with van der Waals surface area (Å²) in [6.07, 6.45) is 1.03. The van der Waals surface area contributed by atoms with Crippen molar-refractivity contribution in [3.63, 3.8) is 0 Å². The smallest absolute Gasteiger partial charge is 0.0566 e. The van der Waals surface area contributed by atoms with E-state index < -0.39 is 0 Å². The second-order valence-electron chi connectivity index (χ2n) is 4.24. The molecule has 1 atom stereocenters. The van der Waals surface area contributed by atoms with E-state index in [0.717, 1.165) is 17.5 Å². The molecule has 1 unspecified atom stereocenters. The molecule has 0 saturated carbocycles. The third kappa shape index (κ3) is 2.86. The molecule has 3 heteroatoms. The summed E-state index contributed by atoms with van der Waals surface area (Å²) < 4.78 is 0. The first-order chi connectivity index (χ1) is 8.61. The largest absolute Gasteiger partial charge is 0.320 e. The Balaban J connectivity index is 2.31. The number of benzene rings is 2. The van der Waals surface area contributed by atoms with Gasteiger partial charge < -0.3 is 5.73 Å². The average molecular weight is 280 g/mol. The van der Waals surface area contributed by atoms with E-state index >= 15 is 0 Å². The van der Waals surface area contributed by atoms with Gasteiger partial charge in [-0.3, -0.25) is 0 Å². The fraction of sp³-hybridized carbons (Fsp3) is 0.200. The summed E-state index contributed by atoms with van der Waals surface area (Å²) in [7, 11) is 0. The number of aryl methyl sites for hydroxylation is 1. The minimum Gasteiger partial charge on any atom is -0.320 e. The van der Waals surface area contributed by atoms with Gasteiger partial charge in [0.15, 0.2) is 0 Å². The molecule has 2 aromatic carbocycles. The molecular formula is C15H15Cl2N. The van der Waals surface area contributed by atoms with Crippen molar-refractivity contribution in [2.24, 2.45) is 5.73 Å². The predicted octanol–water partition coefficient (Wildman–Crippen LogP) is 4.60. The van der Waals surface area contributed by atoms with Gasteiger partial charge in [-0.2, -0.15) is 0 Å². The zero-order chi connectivity index (χ0) is 13.1. The monoisotopic (exact) mass is 279 g/mol. The van der Waals surface area contributed by atoms with Crippen LogP contribution in [0.4, 0.5) is 0 Å². The fourth-order valence-corrected chi connectivity index (χ4v) is 2.42. The molecule has 1 nitrogen and oxygen atoms in total. The van der Waals surface area contributed by atoms with Crippen LogP contribution in [0.25, 0.3) is 0 Å². The van der Waals surface area contributed by atoms with Crippen molar-refractivity contribution < 1.29 is 0 Å². The van der Waals surface area contributed by atoms with E-state index in [-0.39, 0.29) is 6.04 Å². The van der Waals surface area contributed by atoms with Gasteiger partial charge in [0.2, 0.25) is 0 Å². The number of halogens is 2. The summed E-state index contributed by atoms with van der Waals surface area (Å²) in [6.45, 7) is 2.13. The van der Waals surface area contributed by atoms with Gasteiger partial charge in [0, 0.05) is 10.0 Å². The van der Waals surface area contributed by atoms with E-state index in [1.165, 1.54) is 5.56 Å². The first-order valence-electron chi connectivity index (χ1n) is 5.91. The number of hydrogen-bond acceptors (Lipinski definition) is 1. The Labute approximate surface area is 118 Å². The molecule has 0 amide bonds. The molecule has 0 aliphatic carbocycles. The second kappa shape index (κ2) is 5.75.